The van der Waals surface area contributed by atoms with E-state index in [1.807, 2.05) is 59.8 Å². The fraction of sp³-hybridized carbons (Fsp3) is 0.625. The van der Waals surface area contributed by atoms with Gasteiger partial charge in [0.05, 0.1) is 31.4 Å². The number of methoxy groups -OCH3 is 2. The lowest BCUT2D eigenvalue weighted by atomic mass is 9.84. The van der Waals surface area contributed by atoms with Crippen molar-refractivity contribution in [2.24, 2.45) is 5.92 Å². The van der Waals surface area contributed by atoms with Crippen molar-refractivity contribution in [3.63, 3.8) is 0 Å². The highest BCUT2D eigenvalue weighted by Crippen LogP contribution is 2.48. The van der Waals surface area contributed by atoms with Crippen LogP contribution >= 0.6 is 11.6 Å². The second-order valence-electron chi connectivity index (χ2n) is 10.8. The lowest BCUT2D eigenvalue weighted by Crippen LogP contribution is -2.63. The summed E-state index contributed by atoms with van der Waals surface area (Å²) in [6.45, 7) is 13.5. The van der Waals surface area contributed by atoms with Crippen LogP contribution in [0.1, 0.15) is 66.9 Å². The maximum Gasteiger partial charge on any atom is 0.409 e. The Bertz CT molecular complexity index is 1190. The van der Waals surface area contributed by atoms with Crippen molar-refractivity contribution in [1.82, 2.24) is 5.32 Å². The molecule has 10 nitrogen and oxygen atoms in total. The van der Waals surface area contributed by atoms with Gasteiger partial charge >= 0.3 is 6.09 Å². The third kappa shape index (κ3) is 8.10. The molecule has 0 aliphatic carbocycles. The molecule has 7 atom stereocenters. The van der Waals surface area contributed by atoms with E-state index in [4.69, 9.17) is 30.5 Å². The van der Waals surface area contributed by atoms with Crippen LogP contribution in [-0.4, -0.2) is 79.2 Å². The van der Waals surface area contributed by atoms with Gasteiger partial charge < -0.3 is 34.1 Å². The van der Waals surface area contributed by atoms with Crippen molar-refractivity contribution in [1.29, 1.82) is 0 Å². The zero-order valence-corrected chi connectivity index (χ0v) is 27.8. The van der Waals surface area contributed by atoms with Crippen molar-refractivity contribution >= 4 is 29.3 Å². The lowest BCUT2D eigenvalue weighted by Gasteiger charge is -2.42. The van der Waals surface area contributed by atoms with Gasteiger partial charge in [-0.1, -0.05) is 70.0 Å². The Hall–Kier alpha value is -2.63. The molecule has 43 heavy (non-hydrogen) atoms. The summed E-state index contributed by atoms with van der Waals surface area (Å²) in [6.07, 6.45) is 1.63. The van der Waals surface area contributed by atoms with E-state index in [1.165, 1.54) is 19.1 Å². The van der Waals surface area contributed by atoms with Crippen LogP contribution in [0.4, 0.5) is 10.5 Å². The van der Waals surface area contributed by atoms with Crippen LogP contribution in [0.5, 0.6) is 5.75 Å². The number of nitrogens with one attached hydrogen (secondary N) is 1. The number of halogens is 1. The quantitative estimate of drug-likeness (QED) is 0.384. The summed E-state index contributed by atoms with van der Waals surface area (Å²) >= 11 is 6.58. The number of amides is 2. The van der Waals surface area contributed by atoms with Crippen LogP contribution in [0.2, 0.25) is 5.02 Å². The fourth-order valence-corrected chi connectivity index (χ4v) is 5.78. The van der Waals surface area contributed by atoms with E-state index >= 15 is 0 Å². The highest BCUT2D eigenvalue weighted by Gasteiger charge is 2.62. The maximum atomic E-state index is 13.3. The predicted octanol–water partition coefficient (Wildman–Crippen LogP) is 5.17. The van der Waals surface area contributed by atoms with Crippen LogP contribution in [-0.2, 0) is 25.4 Å². The monoisotopic (exact) mass is 624 g/mol. The zero-order valence-electron chi connectivity index (χ0n) is 27.1. The van der Waals surface area contributed by atoms with E-state index in [2.05, 4.69) is 5.32 Å². The molecule has 0 saturated carbocycles. The fourth-order valence-electron chi connectivity index (χ4n) is 5.46. The molecule has 2 amide bonds. The average molecular weight is 625 g/mol. The smallest absolute Gasteiger partial charge is 0.409 e. The topological polar surface area (TPSA) is 130 Å². The number of carbonyl (C=O) groups is 2. The molecular formula is C32H49ClN2O8. The number of carbonyl (C=O) groups excluding carboxylic acids is 2. The number of hydrogen-bond acceptors (Lipinski definition) is 8. The first-order valence-electron chi connectivity index (χ1n) is 14.9. The van der Waals surface area contributed by atoms with Crippen LogP contribution in [0.15, 0.2) is 35.9 Å². The molecule has 11 heteroatoms. The number of allylic oxidation sites excluding steroid dienone is 3. The number of hydrogen-bond donors (Lipinski definition) is 3. The van der Waals surface area contributed by atoms with Gasteiger partial charge in [-0.2, -0.15) is 0 Å². The van der Waals surface area contributed by atoms with Gasteiger partial charge in [0.1, 0.15) is 28.6 Å². The number of rotatable bonds is 2. The molecule has 3 heterocycles. The zero-order chi connectivity index (χ0) is 32.7. The standard InChI is InChI=1S/C28H37ClN2O8.2C2H6/c1-15-8-7-9-22(37-6)28(35)14-20(38-26(34)30-28)16(2)25-27(3,39-25)21(32)13-23(33)31(4)18-11-17(10-15)12-19(36-5)24(18)29;2*1-2/h7-9,11-12,16,20-22,25,32,35H,10,13-14H2,1-6H3,(H,30,34);2*1-2H3/b9-7+,15-8+;;. The van der Waals surface area contributed by atoms with Crippen LogP contribution < -0.4 is 15.0 Å². The molecule has 1 aromatic carbocycles. The molecule has 0 radical (unpaired) electrons. The Morgan fingerprint density at radius 1 is 1.16 bits per heavy atom. The summed E-state index contributed by atoms with van der Waals surface area (Å²) in [5, 5.41) is 25.3. The van der Waals surface area contributed by atoms with E-state index in [9.17, 15) is 19.8 Å². The molecule has 1 aromatic rings. The summed E-state index contributed by atoms with van der Waals surface area (Å²) in [7, 11) is 4.56. The number of epoxide rings is 1. The molecule has 2 fully saturated rings. The van der Waals surface area contributed by atoms with Crippen molar-refractivity contribution in [3.8, 4) is 5.75 Å². The highest BCUT2D eigenvalue weighted by atomic mass is 35.5. The highest BCUT2D eigenvalue weighted by molar-refractivity contribution is 6.35. The number of ether oxygens (including phenoxy) is 4. The Morgan fingerprint density at radius 2 is 1.81 bits per heavy atom. The van der Waals surface area contributed by atoms with Gasteiger partial charge in [-0.05, 0) is 38.0 Å². The Balaban J connectivity index is 0.00000155. The maximum absolute atomic E-state index is 13.3. The summed E-state index contributed by atoms with van der Waals surface area (Å²) in [4.78, 5) is 27.1. The van der Waals surface area contributed by atoms with Gasteiger partial charge in [-0.25, -0.2) is 4.79 Å². The van der Waals surface area contributed by atoms with Gasteiger partial charge in [0, 0.05) is 26.5 Å². The molecule has 0 aromatic heterocycles. The normalized spacial score (nSPS) is 34.4. The third-order valence-corrected chi connectivity index (χ3v) is 8.36. The molecule has 3 N–H and O–H groups in total. The predicted molar refractivity (Wildman–Crippen MR) is 168 cm³/mol. The average Bonchev–Trinajstić information content (AvgIpc) is 3.69. The van der Waals surface area contributed by atoms with Gasteiger partial charge in [-0.15, -0.1) is 0 Å². The number of nitrogens with zero attached hydrogens (tertiary/aromatic N) is 1. The molecule has 3 aliphatic heterocycles. The molecule has 0 spiro atoms. The number of alkyl carbamates (subject to hydrolysis) is 1. The van der Waals surface area contributed by atoms with Gasteiger partial charge in [0.2, 0.25) is 5.91 Å². The van der Waals surface area contributed by atoms with Gasteiger partial charge in [-0.3, -0.25) is 10.1 Å². The Morgan fingerprint density at radius 3 is 2.42 bits per heavy atom. The molecule has 2 saturated heterocycles. The SMILES string of the molecule is CC.CC.COc1cc2cc(c1Cl)N(C)C(=O)CC(O)C1(C)OC1C(C)C1CC(O)(NC(=O)O1)C(OC)/C=C/C=C(\C)C2. The van der Waals surface area contributed by atoms with Crippen molar-refractivity contribution in [2.45, 2.75) is 103 Å². The first kappa shape index (κ1) is 36.6. The largest absolute Gasteiger partial charge is 0.495 e. The van der Waals surface area contributed by atoms with E-state index in [0.29, 0.717) is 17.9 Å². The van der Waals surface area contributed by atoms with E-state index in [-0.39, 0.29) is 23.8 Å². The summed E-state index contributed by atoms with van der Waals surface area (Å²) < 4.78 is 22.4. The number of fused-ring (bicyclic) bond motifs is 5. The van der Waals surface area contributed by atoms with E-state index < -0.39 is 47.8 Å². The molecule has 4 rings (SSSR count). The summed E-state index contributed by atoms with van der Waals surface area (Å²) in [6, 6.07) is 3.63. The molecule has 4 bridgehead atoms. The van der Waals surface area contributed by atoms with Crippen LogP contribution in [0, 0.1) is 5.92 Å². The van der Waals surface area contributed by atoms with Crippen molar-refractivity contribution in [2.75, 3.05) is 26.2 Å². The molecule has 242 valence electrons. The second-order valence-corrected chi connectivity index (χ2v) is 11.2. The first-order valence-corrected chi connectivity index (χ1v) is 15.3. The van der Waals surface area contributed by atoms with Gasteiger partial charge in [0.25, 0.3) is 0 Å². The number of aliphatic hydroxyl groups is 2. The number of aliphatic hydroxyl groups excluding tert-OH is 1. The number of anilines is 1. The minimum Gasteiger partial charge on any atom is -0.495 e. The minimum absolute atomic E-state index is 0.0310. The second kappa shape index (κ2) is 15.4. The van der Waals surface area contributed by atoms with E-state index in [1.54, 1.807) is 26.1 Å². The molecule has 3 aliphatic rings. The summed E-state index contributed by atoms with van der Waals surface area (Å²) in [5.41, 5.74) is -0.479. The van der Waals surface area contributed by atoms with E-state index in [0.717, 1.165) is 11.1 Å². The van der Waals surface area contributed by atoms with Crippen LogP contribution in [0.25, 0.3) is 0 Å². The Kier molecular flexibility index (Phi) is 13.1. The Labute approximate surface area is 261 Å². The minimum atomic E-state index is -1.73. The molecular weight excluding hydrogens is 576 g/mol. The lowest BCUT2D eigenvalue weighted by molar-refractivity contribution is -0.142. The van der Waals surface area contributed by atoms with Crippen molar-refractivity contribution in [3.05, 3.63) is 46.5 Å². The van der Waals surface area contributed by atoms with Crippen molar-refractivity contribution < 1.29 is 38.7 Å². The number of benzene rings is 1. The first-order chi connectivity index (χ1) is 20.3. The van der Waals surface area contributed by atoms with Gasteiger partial charge in [0.15, 0.2) is 5.72 Å². The molecule has 7 unspecified atom stereocenters. The van der Waals surface area contributed by atoms with Crippen LogP contribution in [0.3, 0.4) is 0 Å². The summed E-state index contributed by atoms with van der Waals surface area (Å²) in [5.74, 6) is -0.323. The third-order valence-electron chi connectivity index (χ3n) is 7.98.